The van der Waals surface area contributed by atoms with Crippen molar-refractivity contribution < 1.29 is 13.9 Å². The lowest BCUT2D eigenvalue weighted by atomic mass is 9.97. The minimum absolute atomic E-state index is 0.233. The topological polar surface area (TPSA) is 53.4 Å². The Bertz CT molecular complexity index is 1710. The molecule has 0 aliphatic rings. The van der Waals surface area contributed by atoms with Crippen LogP contribution in [0.15, 0.2) is 108 Å². The van der Waals surface area contributed by atoms with Crippen LogP contribution in [0.1, 0.15) is 27.9 Å². The second kappa shape index (κ2) is 12.3. The van der Waals surface area contributed by atoms with Crippen LogP contribution < -0.4 is 15.0 Å². The van der Waals surface area contributed by atoms with E-state index in [2.05, 4.69) is 0 Å². The molecule has 0 amide bonds. The Balaban J connectivity index is 1.63. The summed E-state index contributed by atoms with van der Waals surface area (Å²) in [6.07, 6.45) is 3.47. The minimum Gasteiger partial charge on any atom is -0.496 e. The lowest BCUT2D eigenvalue weighted by molar-refractivity contribution is 0.307. The van der Waals surface area contributed by atoms with E-state index < -0.39 is 0 Å². The van der Waals surface area contributed by atoms with Crippen LogP contribution in [0.2, 0.25) is 0 Å². The average Bonchev–Trinajstić information content (AvgIpc) is 2.98. The molecular formula is C34H29FN2O3. The molecule has 0 saturated carbocycles. The number of aromatic nitrogens is 2. The Morgan fingerprint density at radius 1 is 0.850 bits per heavy atom. The van der Waals surface area contributed by atoms with E-state index in [9.17, 15) is 9.18 Å². The molecular weight excluding hydrogens is 503 g/mol. The van der Waals surface area contributed by atoms with Crippen molar-refractivity contribution >= 4 is 12.2 Å². The molecule has 0 unspecified atom stereocenters. The summed E-state index contributed by atoms with van der Waals surface area (Å²) in [4.78, 5) is 14.0. The predicted octanol–water partition coefficient (Wildman–Crippen LogP) is 7.16. The fraction of sp³-hybridized carbons (Fsp3) is 0.118. The lowest BCUT2D eigenvalue weighted by Crippen LogP contribution is -2.27. The van der Waals surface area contributed by atoms with Gasteiger partial charge in [-0.05, 0) is 48.4 Å². The SMILES string of the molecule is COc1ccccc1Cn1nc(C)c(-c2ccccc2OCc2ccccc2)c(/C=C/c2cccc(F)c2)c1=O. The summed E-state index contributed by atoms with van der Waals surface area (Å²) in [7, 11) is 1.60. The van der Waals surface area contributed by atoms with Gasteiger partial charge in [0, 0.05) is 16.7 Å². The van der Waals surface area contributed by atoms with E-state index in [0.29, 0.717) is 40.5 Å². The fourth-order valence-corrected chi connectivity index (χ4v) is 4.64. The van der Waals surface area contributed by atoms with Gasteiger partial charge in [-0.15, -0.1) is 0 Å². The maximum atomic E-state index is 14.0. The Morgan fingerprint density at radius 3 is 2.35 bits per heavy atom. The van der Waals surface area contributed by atoms with Crippen LogP contribution in [-0.2, 0) is 13.2 Å². The molecule has 6 heteroatoms. The number of hydrogen-bond acceptors (Lipinski definition) is 4. The molecule has 0 radical (unpaired) electrons. The van der Waals surface area contributed by atoms with Crippen LogP contribution in [-0.4, -0.2) is 16.9 Å². The molecule has 200 valence electrons. The summed E-state index contributed by atoms with van der Waals surface area (Å²) in [5.41, 5.74) is 4.73. The molecule has 40 heavy (non-hydrogen) atoms. The number of methoxy groups -OCH3 is 1. The van der Waals surface area contributed by atoms with E-state index in [1.807, 2.05) is 85.8 Å². The highest BCUT2D eigenvalue weighted by molar-refractivity contribution is 5.84. The molecule has 5 rings (SSSR count). The van der Waals surface area contributed by atoms with Gasteiger partial charge in [-0.3, -0.25) is 4.79 Å². The summed E-state index contributed by atoms with van der Waals surface area (Å²) in [6.45, 7) is 2.49. The molecule has 0 aliphatic carbocycles. The number of halogens is 1. The van der Waals surface area contributed by atoms with Crippen LogP contribution in [0.25, 0.3) is 23.3 Å². The maximum absolute atomic E-state index is 14.0. The molecule has 0 atom stereocenters. The van der Waals surface area contributed by atoms with Crippen molar-refractivity contribution in [2.24, 2.45) is 0 Å². The van der Waals surface area contributed by atoms with Crippen LogP contribution >= 0.6 is 0 Å². The number of ether oxygens (including phenoxy) is 2. The Kier molecular flexibility index (Phi) is 8.16. The molecule has 0 fully saturated rings. The first-order valence-electron chi connectivity index (χ1n) is 13.0. The predicted molar refractivity (Wildman–Crippen MR) is 157 cm³/mol. The molecule has 5 nitrogen and oxygen atoms in total. The number of nitrogens with zero attached hydrogens (tertiary/aromatic N) is 2. The van der Waals surface area contributed by atoms with Crippen molar-refractivity contribution in [3.8, 4) is 22.6 Å². The van der Waals surface area contributed by atoms with Gasteiger partial charge in [0.2, 0.25) is 0 Å². The van der Waals surface area contributed by atoms with Gasteiger partial charge in [-0.1, -0.05) is 84.9 Å². The lowest BCUT2D eigenvalue weighted by Gasteiger charge is -2.17. The average molecular weight is 533 g/mol. The van der Waals surface area contributed by atoms with E-state index in [0.717, 1.165) is 16.7 Å². The first kappa shape index (κ1) is 26.6. The van der Waals surface area contributed by atoms with Crippen LogP contribution in [0.5, 0.6) is 11.5 Å². The third-order valence-electron chi connectivity index (χ3n) is 6.56. The van der Waals surface area contributed by atoms with Gasteiger partial charge in [0.25, 0.3) is 5.56 Å². The van der Waals surface area contributed by atoms with E-state index in [4.69, 9.17) is 14.6 Å². The quantitative estimate of drug-likeness (QED) is 0.202. The molecule has 0 bridgehead atoms. The zero-order valence-corrected chi connectivity index (χ0v) is 22.4. The number of aryl methyl sites for hydroxylation is 1. The summed E-state index contributed by atoms with van der Waals surface area (Å²) in [5, 5.41) is 4.71. The van der Waals surface area contributed by atoms with Crippen molar-refractivity contribution in [3.63, 3.8) is 0 Å². The van der Waals surface area contributed by atoms with E-state index >= 15 is 0 Å². The summed E-state index contributed by atoms with van der Waals surface area (Å²) in [6, 6.07) is 31.3. The van der Waals surface area contributed by atoms with Gasteiger partial charge in [0.05, 0.1) is 24.9 Å². The standard InChI is InChI=1S/C34H29FN2O3/c1-24-33(29-16-7-9-18-32(29)40-23-26-11-4-3-5-12-26)30(20-19-25-13-10-15-28(35)21-25)34(38)37(36-24)22-27-14-6-8-17-31(27)39-2/h3-21H,22-23H2,1-2H3/b20-19+. The molecule has 0 saturated heterocycles. The van der Waals surface area contributed by atoms with Gasteiger partial charge in [0.1, 0.15) is 23.9 Å². The second-order valence-electron chi connectivity index (χ2n) is 9.31. The highest BCUT2D eigenvalue weighted by atomic mass is 19.1. The van der Waals surface area contributed by atoms with Crippen LogP contribution in [0, 0.1) is 12.7 Å². The van der Waals surface area contributed by atoms with E-state index in [-0.39, 0.29) is 17.9 Å². The second-order valence-corrected chi connectivity index (χ2v) is 9.31. The third-order valence-corrected chi connectivity index (χ3v) is 6.56. The summed E-state index contributed by atoms with van der Waals surface area (Å²) >= 11 is 0. The van der Waals surface area contributed by atoms with E-state index in [1.54, 1.807) is 31.4 Å². The van der Waals surface area contributed by atoms with Crippen molar-refractivity contribution in [2.75, 3.05) is 7.11 Å². The van der Waals surface area contributed by atoms with Gasteiger partial charge in [-0.25, -0.2) is 9.07 Å². The molecule has 0 N–H and O–H groups in total. The zero-order chi connectivity index (χ0) is 27.9. The van der Waals surface area contributed by atoms with Crippen molar-refractivity contribution in [1.82, 2.24) is 9.78 Å². The fourth-order valence-electron chi connectivity index (χ4n) is 4.64. The Hall–Kier alpha value is -4.97. The van der Waals surface area contributed by atoms with Crippen molar-refractivity contribution in [2.45, 2.75) is 20.1 Å². The largest absolute Gasteiger partial charge is 0.496 e. The Morgan fingerprint density at radius 2 is 1.57 bits per heavy atom. The molecule has 1 heterocycles. The molecule has 4 aromatic carbocycles. The van der Waals surface area contributed by atoms with Gasteiger partial charge in [-0.2, -0.15) is 5.10 Å². The first-order valence-corrected chi connectivity index (χ1v) is 13.0. The number of benzene rings is 4. The van der Waals surface area contributed by atoms with Crippen molar-refractivity contribution in [1.29, 1.82) is 0 Å². The summed E-state index contributed by atoms with van der Waals surface area (Å²) < 4.78 is 27.1. The monoisotopic (exact) mass is 532 g/mol. The third kappa shape index (κ3) is 6.02. The normalized spacial score (nSPS) is 11.1. The van der Waals surface area contributed by atoms with Crippen molar-refractivity contribution in [3.05, 3.63) is 147 Å². The van der Waals surface area contributed by atoms with Gasteiger partial charge >= 0.3 is 0 Å². The smallest absolute Gasteiger partial charge is 0.274 e. The number of rotatable bonds is 9. The molecule has 1 aromatic heterocycles. The molecule has 5 aromatic rings. The minimum atomic E-state index is -0.346. The first-order chi connectivity index (χ1) is 19.5. The van der Waals surface area contributed by atoms with Gasteiger partial charge < -0.3 is 9.47 Å². The molecule has 0 spiro atoms. The maximum Gasteiger partial charge on any atom is 0.274 e. The highest BCUT2D eigenvalue weighted by Gasteiger charge is 2.19. The number of para-hydroxylation sites is 2. The zero-order valence-electron chi connectivity index (χ0n) is 22.4. The van der Waals surface area contributed by atoms with Gasteiger partial charge in [0.15, 0.2) is 0 Å². The molecule has 0 aliphatic heterocycles. The highest BCUT2D eigenvalue weighted by Crippen LogP contribution is 2.34. The van der Waals surface area contributed by atoms with Crippen LogP contribution in [0.3, 0.4) is 0 Å². The van der Waals surface area contributed by atoms with E-state index in [1.165, 1.54) is 16.8 Å². The Labute approximate surface area is 232 Å². The summed E-state index contributed by atoms with van der Waals surface area (Å²) in [5.74, 6) is 0.967. The number of hydrogen-bond donors (Lipinski definition) is 0. The van der Waals surface area contributed by atoms with Crippen LogP contribution in [0.4, 0.5) is 4.39 Å².